The molecule has 1 fully saturated rings. The number of carbonyl (C=O) groups excluding carboxylic acids is 1. The topological polar surface area (TPSA) is 17.1 Å². The molecule has 0 aromatic rings. The molecule has 1 heterocycles. The second-order valence-corrected chi connectivity index (χ2v) is 8.85. The molecule has 1 aliphatic carbocycles. The zero-order valence-electron chi connectivity index (χ0n) is 13.7. The first kappa shape index (κ1) is 17.9. The second-order valence-electron chi connectivity index (χ2n) is 6.81. The predicted octanol–water partition coefficient (Wildman–Crippen LogP) is 5.33. The number of thioether (sulfide) groups is 2. The van der Waals surface area contributed by atoms with Crippen LogP contribution in [0.1, 0.15) is 47.5 Å². The number of hydrogen-bond acceptors (Lipinski definition) is 3. The average Bonchev–Trinajstić information content (AvgIpc) is 2.56. The van der Waals surface area contributed by atoms with Crippen molar-refractivity contribution >= 4 is 28.6 Å². The predicted molar refractivity (Wildman–Crippen MR) is 94.5 cm³/mol. The lowest BCUT2D eigenvalue weighted by molar-refractivity contribution is -0.112. The molecule has 0 spiro atoms. The van der Waals surface area contributed by atoms with Gasteiger partial charge in [-0.3, -0.25) is 4.79 Å². The standard InChI is InChI=1S/C9H16OS2.C8H12/c1-9(2)5-4-6-12-8(10)7(9)11-3;1-7-5-4-6-8(7,2)3/h7H,4-6H2,1-3H3;4-6H,1-3H3. The number of carbonyl (C=O) groups is 1. The van der Waals surface area contributed by atoms with Gasteiger partial charge in [-0.2, -0.15) is 11.8 Å². The van der Waals surface area contributed by atoms with E-state index in [0.717, 1.165) is 5.75 Å². The molecule has 3 heteroatoms. The first-order chi connectivity index (χ1) is 9.20. The van der Waals surface area contributed by atoms with Crippen LogP contribution >= 0.6 is 23.5 Å². The molecule has 1 aliphatic heterocycles. The van der Waals surface area contributed by atoms with E-state index in [9.17, 15) is 4.79 Å². The molecule has 0 amide bonds. The highest BCUT2D eigenvalue weighted by atomic mass is 32.2. The van der Waals surface area contributed by atoms with Gasteiger partial charge in [0.25, 0.3) is 0 Å². The Morgan fingerprint density at radius 3 is 2.35 bits per heavy atom. The highest BCUT2D eigenvalue weighted by Gasteiger charge is 2.36. The van der Waals surface area contributed by atoms with Gasteiger partial charge in [0, 0.05) is 11.2 Å². The molecule has 114 valence electrons. The number of rotatable bonds is 1. The highest BCUT2D eigenvalue weighted by molar-refractivity contribution is 8.16. The minimum Gasteiger partial charge on any atom is -0.286 e. The van der Waals surface area contributed by atoms with Crippen molar-refractivity contribution in [1.82, 2.24) is 0 Å². The van der Waals surface area contributed by atoms with Crippen LogP contribution in [0.2, 0.25) is 0 Å². The first-order valence-electron chi connectivity index (χ1n) is 7.27. The van der Waals surface area contributed by atoms with Crippen LogP contribution in [0.4, 0.5) is 0 Å². The minimum absolute atomic E-state index is 0.194. The summed E-state index contributed by atoms with van der Waals surface area (Å²) < 4.78 is 0. The van der Waals surface area contributed by atoms with Gasteiger partial charge >= 0.3 is 0 Å². The van der Waals surface area contributed by atoms with E-state index in [1.54, 1.807) is 11.8 Å². The molecule has 0 N–H and O–H groups in total. The summed E-state index contributed by atoms with van der Waals surface area (Å²) in [7, 11) is 0. The summed E-state index contributed by atoms with van der Waals surface area (Å²) in [6.45, 7) is 11.0. The van der Waals surface area contributed by atoms with Gasteiger partial charge in [0.15, 0.2) is 0 Å². The molecule has 0 saturated carbocycles. The second kappa shape index (κ2) is 7.22. The van der Waals surface area contributed by atoms with Gasteiger partial charge in [-0.1, -0.05) is 63.3 Å². The lowest BCUT2D eigenvalue weighted by atomic mass is 9.85. The normalized spacial score (nSPS) is 27.4. The van der Waals surface area contributed by atoms with Crippen molar-refractivity contribution in [2.45, 2.75) is 52.7 Å². The molecule has 2 aliphatic rings. The summed E-state index contributed by atoms with van der Waals surface area (Å²) in [5, 5.41) is 0.579. The first-order valence-corrected chi connectivity index (χ1v) is 9.54. The van der Waals surface area contributed by atoms with Crippen LogP contribution in [0, 0.1) is 10.8 Å². The van der Waals surface area contributed by atoms with Gasteiger partial charge in [-0.15, -0.1) is 0 Å². The van der Waals surface area contributed by atoms with E-state index in [1.165, 1.54) is 30.2 Å². The summed E-state index contributed by atoms with van der Waals surface area (Å²) in [5.74, 6) is 1.01. The summed E-state index contributed by atoms with van der Waals surface area (Å²) in [6, 6.07) is 0. The van der Waals surface area contributed by atoms with Gasteiger partial charge in [-0.05, 0) is 31.4 Å². The van der Waals surface area contributed by atoms with E-state index in [-0.39, 0.29) is 10.7 Å². The third kappa shape index (κ3) is 4.70. The zero-order valence-corrected chi connectivity index (χ0v) is 15.3. The quantitative estimate of drug-likeness (QED) is 0.651. The van der Waals surface area contributed by atoms with Crippen LogP contribution in [0.25, 0.3) is 0 Å². The smallest absolute Gasteiger partial charge is 0.202 e. The summed E-state index contributed by atoms with van der Waals surface area (Å²) in [5.41, 5.74) is 1.98. The zero-order chi connectivity index (χ0) is 15.4. The fourth-order valence-electron chi connectivity index (χ4n) is 2.42. The van der Waals surface area contributed by atoms with Crippen LogP contribution in [-0.2, 0) is 4.79 Å². The van der Waals surface area contributed by atoms with Crippen LogP contribution < -0.4 is 0 Å². The van der Waals surface area contributed by atoms with Crippen LogP contribution in [0.5, 0.6) is 0 Å². The van der Waals surface area contributed by atoms with Gasteiger partial charge in [0.05, 0.1) is 5.25 Å². The Balaban J connectivity index is 0.000000217. The summed E-state index contributed by atoms with van der Waals surface area (Å²) in [6.07, 6.45) is 10.9. The molecule has 1 atom stereocenters. The monoisotopic (exact) mass is 312 g/mol. The third-order valence-corrected chi connectivity index (χ3v) is 6.73. The maximum atomic E-state index is 11.6. The highest BCUT2D eigenvalue weighted by Crippen LogP contribution is 2.40. The Labute approximate surface area is 133 Å². The fourth-order valence-corrected chi connectivity index (χ4v) is 4.82. The Bertz CT molecular complexity index is 405. The van der Waals surface area contributed by atoms with Gasteiger partial charge in [0.2, 0.25) is 5.12 Å². The molecule has 1 nitrogen and oxygen atoms in total. The van der Waals surface area contributed by atoms with E-state index in [4.69, 9.17) is 0 Å². The largest absolute Gasteiger partial charge is 0.286 e. The fraction of sp³-hybridized carbons (Fsp3) is 0.706. The Morgan fingerprint density at radius 2 is 1.95 bits per heavy atom. The molecule has 1 unspecified atom stereocenters. The molecule has 2 rings (SSSR count). The Kier molecular flexibility index (Phi) is 6.46. The molecule has 0 aromatic carbocycles. The number of allylic oxidation sites excluding steroid dienone is 4. The molecule has 0 aromatic heterocycles. The van der Waals surface area contributed by atoms with Crippen molar-refractivity contribution in [3.63, 3.8) is 0 Å². The van der Waals surface area contributed by atoms with Crippen molar-refractivity contribution in [3.8, 4) is 0 Å². The van der Waals surface area contributed by atoms with E-state index < -0.39 is 0 Å². The molecule has 20 heavy (non-hydrogen) atoms. The lowest BCUT2D eigenvalue weighted by Crippen LogP contribution is -2.30. The third-order valence-electron chi connectivity index (χ3n) is 4.24. The van der Waals surface area contributed by atoms with Gasteiger partial charge in [-0.25, -0.2) is 0 Å². The Hall–Kier alpha value is -0.150. The van der Waals surface area contributed by atoms with Crippen molar-refractivity contribution in [2.24, 2.45) is 10.8 Å². The van der Waals surface area contributed by atoms with Crippen molar-refractivity contribution < 1.29 is 4.79 Å². The van der Waals surface area contributed by atoms with Crippen molar-refractivity contribution in [1.29, 1.82) is 0 Å². The van der Waals surface area contributed by atoms with Gasteiger partial charge in [0.1, 0.15) is 0 Å². The number of hydrogen-bond donors (Lipinski definition) is 0. The molecule has 0 bridgehead atoms. The van der Waals surface area contributed by atoms with Gasteiger partial charge < -0.3 is 0 Å². The van der Waals surface area contributed by atoms with Crippen molar-refractivity contribution in [2.75, 3.05) is 12.0 Å². The van der Waals surface area contributed by atoms with E-state index in [2.05, 4.69) is 52.8 Å². The van der Waals surface area contributed by atoms with E-state index >= 15 is 0 Å². The summed E-state index contributed by atoms with van der Waals surface area (Å²) in [4.78, 5) is 11.6. The van der Waals surface area contributed by atoms with Crippen LogP contribution in [-0.4, -0.2) is 22.4 Å². The van der Waals surface area contributed by atoms with Crippen molar-refractivity contribution in [3.05, 3.63) is 23.8 Å². The van der Waals surface area contributed by atoms with Crippen LogP contribution in [0.15, 0.2) is 23.8 Å². The van der Waals surface area contributed by atoms with E-state index in [0.29, 0.717) is 10.5 Å². The van der Waals surface area contributed by atoms with E-state index in [1.807, 2.05) is 6.26 Å². The summed E-state index contributed by atoms with van der Waals surface area (Å²) >= 11 is 3.22. The molecule has 1 saturated heterocycles. The van der Waals surface area contributed by atoms with Crippen LogP contribution in [0.3, 0.4) is 0 Å². The Morgan fingerprint density at radius 1 is 1.30 bits per heavy atom. The maximum absolute atomic E-state index is 11.6. The maximum Gasteiger partial charge on any atom is 0.202 e. The minimum atomic E-state index is 0.194. The molecule has 0 radical (unpaired) electrons. The molecular weight excluding hydrogens is 284 g/mol. The average molecular weight is 313 g/mol. The molecular formula is C17H28OS2. The SMILES string of the molecule is CC1=CC=CC1(C)C.CSC1C(=O)SCCCC1(C)C. The lowest BCUT2D eigenvalue weighted by Gasteiger charge is -2.29.